The standard InChI is InChI=1S/C14H14ClN3O3S/c1-9-12(15)3-2-4-13(9)18-14(19)17-10-5-7-11(8-6-10)22(16,20)21/h2-8H,1H3,(H2,16,20,21)(H2,17,18,19). The maximum absolute atomic E-state index is 11.9. The van der Waals surface area contributed by atoms with Crippen molar-refractivity contribution in [3.05, 3.63) is 53.1 Å². The highest BCUT2D eigenvalue weighted by atomic mass is 35.5. The maximum Gasteiger partial charge on any atom is 0.323 e. The molecule has 0 bridgehead atoms. The number of nitrogens with one attached hydrogen (secondary N) is 2. The highest BCUT2D eigenvalue weighted by Crippen LogP contribution is 2.23. The Bertz CT molecular complexity index is 805. The van der Waals surface area contributed by atoms with Crippen LogP contribution >= 0.6 is 11.6 Å². The predicted molar refractivity (Wildman–Crippen MR) is 86.6 cm³/mol. The smallest absolute Gasteiger partial charge is 0.308 e. The zero-order valence-electron chi connectivity index (χ0n) is 11.6. The number of amides is 2. The first-order chi connectivity index (χ1) is 10.3. The van der Waals surface area contributed by atoms with Gasteiger partial charge in [-0.3, -0.25) is 0 Å². The molecule has 0 fully saturated rings. The molecule has 4 N–H and O–H groups in total. The average Bonchev–Trinajstić information content (AvgIpc) is 2.43. The number of rotatable bonds is 3. The van der Waals surface area contributed by atoms with Crippen LogP contribution in [0.4, 0.5) is 16.2 Å². The van der Waals surface area contributed by atoms with Crippen molar-refractivity contribution in [1.82, 2.24) is 0 Å². The van der Waals surface area contributed by atoms with Gasteiger partial charge < -0.3 is 10.6 Å². The molecule has 2 amide bonds. The van der Waals surface area contributed by atoms with Gasteiger partial charge in [0.2, 0.25) is 10.0 Å². The number of urea groups is 1. The van der Waals surface area contributed by atoms with Crippen LogP contribution in [-0.2, 0) is 10.0 Å². The number of hydrogen-bond acceptors (Lipinski definition) is 3. The summed E-state index contributed by atoms with van der Waals surface area (Å²) in [5.74, 6) is 0. The van der Waals surface area contributed by atoms with Gasteiger partial charge in [-0.1, -0.05) is 17.7 Å². The first kappa shape index (κ1) is 16.3. The van der Waals surface area contributed by atoms with E-state index in [-0.39, 0.29) is 4.90 Å². The lowest BCUT2D eigenvalue weighted by molar-refractivity contribution is 0.262. The van der Waals surface area contributed by atoms with Gasteiger partial charge in [0.05, 0.1) is 4.90 Å². The third kappa shape index (κ3) is 3.97. The van der Waals surface area contributed by atoms with E-state index in [0.717, 1.165) is 5.56 Å². The van der Waals surface area contributed by atoms with E-state index in [1.54, 1.807) is 25.1 Å². The zero-order chi connectivity index (χ0) is 16.3. The number of anilines is 2. The molecular formula is C14H14ClN3O3S. The molecule has 116 valence electrons. The van der Waals surface area contributed by atoms with Crippen LogP contribution in [-0.4, -0.2) is 14.4 Å². The topological polar surface area (TPSA) is 101 Å². The summed E-state index contributed by atoms with van der Waals surface area (Å²) in [5, 5.41) is 10.8. The van der Waals surface area contributed by atoms with Crippen molar-refractivity contribution in [2.75, 3.05) is 10.6 Å². The molecular weight excluding hydrogens is 326 g/mol. The Balaban J connectivity index is 2.08. The van der Waals surface area contributed by atoms with E-state index in [4.69, 9.17) is 16.7 Å². The second kappa shape index (κ2) is 6.35. The minimum Gasteiger partial charge on any atom is -0.308 e. The molecule has 8 heteroatoms. The molecule has 0 aliphatic rings. The number of nitrogens with two attached hydrogens (primary N) is 1. The molecule has 0 aromatic heterocycles. The molecule has 0 unspecified atom stereocenters. The average molecular weight is 340 g/mol. The van der Waals surface area contributed by atoms with Crippen LogP contribution in [0.2, 0.25) is 5.02 Å². The summed E-state index contributed by atoms with van der Waals surface area (Å²) in [7, 11) is -3.75. The maximum atomic E-state index is 11.9. The third-order valence-corrected chi connectivity index (χ3v) is 4.30. The third-order valence-electron chi connectivity index (χ3n) is 2.96. The fraction of sp³-hybridized carbons (Fsp3) is 0.0714. The number of primary sulfonamides is 1. The molecule has 0 saturated heterocycles. The fourth-order valence-electron chi connectivity index (χ4n) is 1.76. The Labute approximate surface area is 133 Å². The molecule has 2 aromatic carbocycles. The van der Waals surface area contributed by atoms with E-state index in [1.165, 1.54) is 24.3 Å². The SMILES string of the molecule is Cc1c(Cl)cccc1NC(=O)Nc1ccc(S(N)(=O)=O)cc1. The molecule has 6 nitrogen and oxygen atoms in total. The summed E-state index contributed by atoms with van der Waals surface area (Å²) in [6.45, 7) is 1.79. The molecule has 0 radical (unpaired) electrons. The first-order valence-corrected chi connectivity index (χ1v) is 8.16. The first-order valence-electron chi connectivity index (χ1n) is 6.23. The normalized spacial score (nSPS) is 11.0. The van der Waals surface area contributed by atoms with Crippen molar-refractivity contribution >= 4 is 39.0 Å². The molecule has 0 heterocycles. The minimum absolute atomic E-state index is 0.0239. The molecule has 0 atom stereocenters. The predicted octanol–water partition coefficient (Wildman–Crippen LogP) is 2.94. The lowest BCUT2D eigenvalue weighted by atomic mass is 10.2. The van der Waals surface area contributed by atoms with Crippen molar-refractivity contribution in [3.8, 4) is 0 Å². The van der Waals surface area contributed by atoms with Crippen LogP contribution in [0.25, 0.3) is 0 Å². The number of halogens is 1. The number of carbonyl (C=O) groups is 1. The van der Waals surface area contributed by atoms with Crippen molar-refractivity contribution < 1.29 is 13.2 Å². The summed E-state index contributed by atoms with van der Waals surface area (Å²) in [5.41, 5.74) is 1.78. The number of hydrogen-bond donors (Lipinski definition) is 3. The number of carbonyl (C=O) groups excluding carboxylic acids is 1. The lowest BCUT2D eigenvalue weighted by Gasteiger charge is -2.11. The van der Waals surface area contributed by atoms with Crippen LogP contribution < -0.4 is 15.8 Å². The summed E-state index contributed by atoms with van der Waals surface area (Å²) >= 11 is 5.98. The van der Waals surface area contributed by atoms with Gasteiger partial charge in [0.1, 0.15) is 0 Å². The number of benzene rings is 2. The molecule has 2 rings (SSSR count). The molecule has 0 saturated carbocycles. The van der Waals surface area contributed by atoms with E-state index in [0.29, 0.717) is 16.4 Å². The Kier molecular flexibility index (Phi) is 4.70. The quantitative estimate of drug-likeness (QED) is 0.801. The second-order valence-electron chi connectivity index (χ2n) is 4.56. The largest absolute Gasteiger partial charge is 0.323 e. The van der Waals surface area contributed by atoms with E-state index < -0.39 is 16.1 Å². The van der Waals surface area contributed by atoms with E-state index >= 15 is 0 Å². The van der Waals surface area contributed by atoms with Crippen molar-refractivity contribution in [1.29, 1.82) is 0 Å². The van der Waals surface area contributed by atoms with E-state index in [9.17, 15) is 13.2 Å². The van der Waals surface area contributed by atoms with Crippen molar-refractivity contribution in [2.45, 2.75) is 11.8 Å². The monoisotopic (exact) mass is 339 g/mol. The van der Waals surface area contributed by atoms with Gasteiger partial charge in [-0.15, -0.1) is 0 Å². The molecule has 0 aliphatic carbocycles. The summed E-state index contributed by atoms with van der Waals surface area (Å²) in [6.07, 6.45) is 0. The van der Waals surface area contributed by atoms with E-state index in [1.807, 2.05) is 0 Å². The van der Waals surface area contributed by atoms with Gasteiger partial charge in [0.15, 0.2) is 0 Å². The van der Waals surface area contributed by atoms with Gasteiger partial charge >= 0.3 is 6.03 Å². The van der Waals surface area contributed by atoms with Gasteiger partial charge in [0, 0.05) is 16.4 Å². The summed E-state index contributed by atoms with van der Waals surface area (Å²) in [4.78, 5) is 11.9. The molecule has 2 aromatic rings. The van der Waals surface area contributed by atoms with Crippen LogP contribution in [0, 0.1) is 6.92 Å². The van der Waals surface area contributed by atoms with Crippen LogP contribution in [0.5, 0.6) is 0 Å². The van der Waals surface area contributed by atoms with Crippen molar-refractivity contribution in [3.63, 3.8) is 0 Å². The van der Waals surface area contributed by atoms with Crippen LogP contribution in [0.1, 0.15) is 5.56 Å². The van der Waals surface area contributed by atoms with Gasteiger partial charge in [-0.05, 0) is 48.9 Å². The number of sulfonamides is 1. The van der Waals surface area contributed by atoms with E-state index in [2.05, 4.69) is 10.6 Å². The highest BCUT2D eigenvalue weighted by Gasteiger charge is 2.09. The van der Waals surface area contributed by atoms with Crippen molar-refractivity contribution in [2.24, 2.45) is 5.14 Å². The summed E-state index contributed by atoms with van der Waals surface area (Å²) < 4.78 is 22.3. The second-order valence-corrected chi connectivity index (χ2v) is 6.53. The van der Waals surface area contributed by atoms with Gasteiger partial charge in [-0.25, -0.2) is 18.4 Å². The van der Waals surface area contributed by atoms with Crippen LogP contribution in [0.3, 0.4) is 0 Å². The lowest BCUT2D eigenvalue weighted by Crippen LogP contribution is -2.20. The fourth-order valence-corrected chi connectivity index (χ4v) is 2.45. The molecule has 0 aliphatic heterocycles. The molecule has 22 heavy (non-hydrogen) atoms. The zero-order valence-corrected chi connectivity index (χ0v) is 13.2. The Morgan fingerprint density at radius 1 is 1.09 bits per heavy atom. The highest BCUT2D eigenvalue weighted by molar-refractivity contribution is 7.89. The van der Waals surface area contributed by atoms with Crippen LogP contribution in [0.15, 0.2) is 47.4 Å². The Morgan fingerprint density at radius 2 is 1.73 bits per heavy atom. The molecule has 0 spiro atoms. The van der Waals surface area contributed by atoms with Gasteiger partial charge in [-0.2, -0.15) is 0 Å². The van der Waals surface area contributed by atoms with Gasteiger partial charge in [0.25, 0.3) is 0 Å². The minimum atomic E-state index is -3.75. The Hall–Kier alpha value is -2.09. The Morgan fingerprint density at radius 3 is 2.32 bits per heavy atom. The summed E-state index contributed by atoms with van der Waals surface area (Å²) in [6, 6.07) is 10.2.